The van der Waals surface area contributed by atoms with E-state index in [0.717, 1.165) is 19.4 Å². The normalized spacial score (nSPS) is 18.6. The van der Waals surface area contributed by atoms with Crippen molar-refractivity contribution in [3.63, 3.8) is 0 Å². The van der Waals surface area contributed by atoms with Crippen LogP contribution in [0.2, 0.25) is 0 Å². The molecular formula is C10H14N4O4. The number of anilines is 1. The molecule has 1 unspecified atom stereocenters. The molecule has 2 rings (SSSR count). The molecule has 0 saturated carbocycles. The second kappa shape index (κ2) is 5.58. The van der Waals surface area contributed by atoms with Gasteiger partial charge in [0.15, 0.2) is 0 Å². The van der Waals surface area contributed by atoms with Crippen molar-refractivity contribution in [2.24, 2.45) is 0 Å². The van der Waals surface area contributed by atoms with Gasteiger partial charge in [0.2, 0.25) is 5.82 Å². The zero-order valence-electron chi connectivity index (χ0n) is 9.96. The summed E-state index contributed by atoms with van der Waals surface area (Å²) in [5, 5.41) is 13.9. The van der Waals surface area contributed by atoms with Gasteiger partial charge in [-0.05, 0) is 12.8 Å². The molecule has 1 fully saturated rings. The second-order valence-corrected chi connectivity index (χ2v) is 3.85. The van der Waals surface area contributed by atoms with Crippen molar-refractivity contribution < 1.29 is 14.4 Å². The summed E-state index contributed by atoms with van der Waals surface area (Å²) in [5.74, 6) is 0.104. The minimum Gasteiger partial charge on any atom is -0.476 e. The van der Waals surface area contributed by atoms with E-state index in [1.807, 2.05) is 0 Å². The number of methoxy groups -OCH3 is 1. The van der Waals surface area contributed by atoms with Crippen LogP contribution in [0, 0.1) is 10.1 Å². The molecular weight excluding hydrogens is 240 g/mol. The average molecular weight is 254 g/mol. The highest BCUT2D eigenvalue weighted by Gasteiger charge is 2.25. The van der Waals surface area contributed by atoms with Crippen LogP contribution in [0.3, 0.4) is 0 Å². The maximum absolute atomic E-state index is 11.0. The lowest BCUT2D eigenvalue weighted by Crippen LogP contribution is -2.19. The number of nitrogens with one attached hydrogen (secondary N) is 1. The molecule has 1 N–H and O–H groups in total. The monoisotopic (exact) mass is 254 g/mol. The van der Waals surface area contributed by atoms with E-state index >= 15 is 0 Å². The molecule has 1 aliphatic heterocycles. The van der Waals surface area contributed by atoms with Crippen LogP contribution in [0.1, 0.15) is 12.8 Å². The smallest absolute Gasteiger partial charge is 0.372 e. The van der Waals surface area contributed by atoms with Crippen LogP contribution in [0.15, 0.2) is 6.33 Å². The Hall–Kier alpha value is -1.96. The van der Waals surface area contributed by atoms with Crippen LogP contribution in [0.4, 0.5) is 11.5 Å². The highest BCUT2D eigenvalue weighted by molar-refractivity contribution is 5.61. The van der Waals surface area contributed by atoms with Gasteiger partial charge in [-0.1, -0.05) is 0 Å². The van der Waals surface area contributed by atoms with Gasteiger partial charge in [0.05, 0.1) is 18.1 Å². The Balaban J connectivity index is 2.13. The maximum atomic E-state index is 11.0. The van der Waals surface area contributed by atoms with Crippen LogP contribution in [0.5, 0.6) is 5.88 Å². The number of nitrogens with zero attached hydrogens (tertiary/aromatic N) is 3. The van der Waals surface area contributed by atoms with E-state index in [-0.39, 0.29) is 23.5 Å². The fourth-order valence-electron chi connectivity index (χ4n) is 1.82. The summed E-state index contributed by atoms with van der Waals surface area (Å²) in [6.07, 6.45) is 3.26. The fourth-order valence-corrected chi connectivity index (χ4v) is 1.82. The maximum Gasteiger partial charge on any atom is 0.372 e. The number of hydrogen-bond acceptors (Lipinski definition) is 7. The number of rotatable bonds is 5. The minimum atomic E-state index is -0.559. The van der Waals surface area contributed by atoms with Crippen LogP contribution in [-0.2, 0) is 4.74 Å². The topological polar surface area (TPSA) is 99.4 Å². The quantitative estimate of drug-likeness (QED) is 0.617. The molecule has 0 spiro atoms. The van der Waals surface area contributed by atoms with Crippen molar-refractivity contribution in [1.29, 1.82) is 0 Å². The van der Waals surface area contributed by atoms with Crippen molar-refractivity contribution in [3.05, 3.63) is 16.4 Å². The van der Waals surface area contributed by atoms with Gasteiger partial charge in [0.25, 0.3) is 5.88 Å². The van der Waals surface area contributed by atoms with E-state index in [1.54, 1.807) is 0 Å². The molecule has 0 radical (unpaired) electrons. The standard InChI is InChI=1S/C10H14N4O4/c1-17-10-8(14(15)16)9(12-6-13-10)11-5-7-3-2-4-18-7/h6-7H,2-5H2,1H3,(H,11,12,13). The molecule has 8 nitrogen and oxygen atoms in total. The van der Waals surface area contributed by atoms with E-state index in [1.165, 1.54) is 13.4 Å². The van der Waals surface area contributed by atoms with E-state index in [0.29, 0.717) is 6.54 Å². The minimum absolute atomic E-state index is 0.0511. The summed E-state index contributed by atoms with van der Waals surface area (Å²) < 4.78 is 10.3. The fraction of sp³-hybridized carbons (Fsp3) is 0.600. The van der Waals surface area contributed by atoms with Crippen LogP contribution < -0.4 is 10.1 Å². The van der Waals surface area contributed by atoms with Gasteiger partial charge in [-0.15, -0.1) is 0 Å². The molecule has 8 heteroatoms. The summed E-state index contributed by atoms with van der Waals surface area (Å²) in [6.45, 7) is 1.22. The number of ether oxygens (including phenoxy) is 2. The van der Waals surface area contributed by atoms with Crippen molar-refractivity contribution in [2.45, 2.75) is 18.9 Å². The third-order valence-corrected chi connectivity index (χ3v) is 2.69. The van der Waals surface area contributed by atoms with E-state index in [9.17, 15) is 10.1 Å². The van der Waals surface area contributed by atoms with Gasteiger partial charge < -0.3 is 14.8 Å². The first kappa shape index (κ1) is 12.5. The molecule has 0 aromatic carbocycles. The van der Waals surface area contributed by atoms with Crippen molar-refractivity contribution in [3.8, 4) is 5.88 Å². The Labute approximate surface area is 103 Å². The van der Waals surface area contributed by atoms with E-state index in [4.69, 9.17) is 9.47 Å². The first-order valence-electron chi connectivity index (χ1n) is 5.61. The molecule has 2 heterocycles. The van der Waals surface area contributed by atoms with E-state index < -0.39 is 4.92 Å². The van der Waals surface area contributed by atoms with Crippen LogP contribution in [-0.4, -0.2) is 41.3 Å². The average Bonchev–Trinajstić information content (AvgIpc) is 2.88. The molecule has 98 valence electrons. The summed E-state index contributed by atoms with van der Waals surface area (Å²) in [5.41, 5.74) is -0.252. The van der Waals surface area contributed by atoms with Crippen molar-refractivity contribution in [1.82, 2.24) is 9.97 Å². The number of aromatic nitrogens is 2. The Bertz CT molecular complexity index is 434. The highest BCUT2D eigenvalue weighted by Crippen LogP contribution is 2.30. The zero-order chi connectivity index (χ0) is 13.0. The van der Waals surface area contributed by atoms with Crippen LogP contribution >= 0.6 is 0 Å². The third-order valence-electron chi connectivity index (χ3n) is 2.69. The lowest BCUT2D eigenvalue weighted by Gasteiger charge is -2.11. The number of hydrogen-bond donors (Lipinski definition) is 1. The number of nitro groups is 1. The molecule has 0 amide bonds. The molecule has 1 aromatic rings. The predicted molar refractivity (Wildman–Crippen MR) is 62.7 cm³/mol. The largest absolute Gasteiger partial charge is 0.476 e. The molecule has 1 atom stereocenters. The SMILES string of the molecule is COc1ncnc(NCC2CCCO2)c1[N+](=O)[O-]. The Morgan fingerprint density at radius 1 is 1.67 bits per heavy atom. The lowest BCUT2D eigenvalue weighted by molar-refractivity contribution is -0.385. The van der Waals surface area contributed by atoms with Gasteiger partial charge in [-0.3, -0.25) is 10.1 Å². The molecule has 1 aliphatic rings. The zero-order valence-corrected chi connectivity index (χ0v) is 9.96. The Kier molecular flexibility index (Phi) is 3.88. The summed E-state index contributed by atoms with van der Waals surface area (Å²) in [4.78, 5) is 18.0. The second-order valence-electron chi connectivity index (χ2n) is 3.85. The Morgan fingerprint density at radius 2 is 2.50 bits per heavy atom. The van der Waals surface area contributed by atoms with Gasteiger partial charge in [0.1, 0.15) is 6.33 Å². The first-order valence-corrected chi connectivity index (χ1v) is 5.61. The van der Waals surface area contributed by atoms with Crippen molar-refractivity contribution in [2.75, 3.05) is 25.6 Å². The lowest BCUT2D eigenvalue weighted by atomic mass is 10.2. The molecule has 18 heavy (non-hydrogen) atoms. The van der Waals surface area contributed by atoms with Gasteiger partial charge in [-0.2, -0.15) is 4.98 Å². The summed E-state index contributed by atoms with van der Waals surface area (Å²) >= 11 is 0. The van der Waals surface area contributed by atoms with E-state index in [2.05, 4.69) is 15.3 Å². The van der Waals surface area contributed by atoms with Gasteiger partial charge >= 0.3 is 5.69 Å². The molecule has 0 bridgehead atoms. The van der Waals surface area contributed by atoms with Gasteiger partial charge in [0, 0.05) is 13.2 Å². The third kappa shape index (κ3) is 2.65. The van der Waals surface area contributed by atoms with Crippen molar-refractivity contribution >= 4 is 11.5 Å². The Morgan fingerprint density at radius 3 is 3.11 bits per heavy atom. The molecule has 1 saturated heterocycles. The van der Waals surface area contributed by atoms with Gasteiger partial charge in [-0.25, -0.2) is 4.98 Å². The molecule has 1 aromatic heterocycles. The highest BCUT2D eigenvalue weighted by atomic mass is 16.6. The summed E-state index contributed by atoms with van der Waals surface area (Å²) in [7, 11) is 1.33. The predicted octanol–water partition coefficient (Wildman–Crippen LogP) is 0.984. The first-order chi connectivity index (χ1) is 8.72. The molecule has 0 aliphatic carbocycles. The summed E-state index contributed by atoms with van der Waals surface area (Å²) in [6, 6.07) is 0. The van der Waals surface area contributed by atoms with Crippen LogP contribution in [0.25, 0.3) is 0 Å².